The molecule has 37 heavy (non-hydrogen) atoms. The fraction of sp³-hybridized carbons (Fsp3) is 0.200. The summed E-state index contributed by atoms with van der Waals surface area (Å²) in [5, 5.41) is 13.0. The summed E-state index contributed by atoms with van der Waals surface area (Å²) in [4.78, 5) is 25.4. The van der Waals surface area contributed by atoms with Crippen molar-refractivity contribution in [2.24, 2.45) is 0 Å². The zero-order valence-electron chi connectivity index (χ0n) is 20.1. The van der Waals surface area contributed by atoms with E-state index in [9.17, 15) is 19.1 Å². The molecule has 0 unspecified atom stereocenters. The SMILES string of the molecule is O=C1C[C@H](O)C[C@@H](CCn2cc(C(=O)Nc3ccccc3)c(-c3ccccc3)c2-c2ccc(F)cc2)O1. The van der Waals surface area contributed by atoms with E-state index in [2.05, 4.69) is 5.32 Å². The fourth-order valence-corrected chi connectivity index (χ4v) is 4.76. The first-order valence-electron chi connectivity index (χ1n) is 12.3. The molecule has 7 heteroatoms. The quantitative estimate of drug-likeness (QED) is 0.322. The maximum Gasteiger partial charge on any atom is 0.308 e. The number of carbonyl (C=O) groups excluding carboxylic acids is 2. The molecular weight excluding hydrogens is 471 g/mol. The number of nitrogens with one attached hydrogen (secondary N) is 1. The third-order valence-electron chi connectivity index (χ3n) is 6.46. The minimum Gasteiger partial charge on any atom is -0.462 e. The Hall–Kier alpha value is -4.23. The van der Waals surface area contributed by atoms with Crippen LogP contribution in [0.1, 0.15) is 29.6 Å². The van der Waals surface area contributed by atoms with Crippen molar-refractivity contribution in [3.05, 3.63) is 103 Å². The molecule has 2 N–H and O–H groups in total. The minimum atomic E-state index is -0.723. The van der Waals surface area contributed by atoms with Crippen molar-refractivity contribution >= 4 is 17.6 Å². The van der Waals surface area contributed by atoms with Crippen molar-refractivity contribution in [2.75, 3.05) is 5.32 Å². The summed E-state index contributed by atoms with van der Waals surface area (Å²) >= 11 is 0. The number of halogens is 1. The average molecular weight is 499 g/mol. The van der Waals surface area contributed by atoms with Gasteiger partial charge in [-0.25, -0.2) is 4.39 Å². The van der Waals surface area contributed by atoms with Gasteiger partial charge in [-0.05, 0) is 47.5 Å². The van der Waals surface area contributed by atoms with Crippen molar-refractivity contribution in [3.63, 3.8) is 0 Å². The van der Waals surface area contributed by atoms with E-state index < -0.39 is 18.2 Å². The number of ether oxygens (including phenoxy) is 1. The molecule has 0 saturated carbocycles. The van der Waals surface area contributed by atoms with Gasteiger partial charge in [-0.2, -0.15) is 0 Å². The lowest BCUT2D eigenvalue weighted by Crippen LogP contribution is -2.33. The molecule has 4 aromatic rings. The van der Waals surface area contributed by atoms with Gasteiger partial charge in [0, 0.05) is 36.8 Å². The van der Waals surface area contributed by atoms with Crippen molar-refractivity contribution in [1.29, 1.82) is 0 Å². The Balaban J connectivity index is 1.59. The number of para-hydroxylation sites is 1. The number of carbonyl (C=O) groups is 2. The number of aryl methyl sites for hydroxylation is 1. The highest BCUT2D eigenvalue weighted by atomic mass is 19.1. The van der Waals surface area contributed by atoms with Gasteiger partial charge in [-0.15, -0.1) is 0 Å². The first-order valence-corrected chi connectivity index (χ1v) is 12.3. The van der Waals surface area contributed by atoms with Crippen LogP contribution in [0.2, 0.25) is 0 Å². The van der Waals surface area contributed by atoms with Gasteiger partial charge >= 0.3 is 5.97 Å². The molecule has 3 aromatic carbocycles. The number of aliphatic hydroxyl groups is 1. The van der Waals surface area contributed by atoms with E-state index in [0.717, 1.165) is 22.4 Å². The molecule has 2 atom stereocenters. The number of rotatable bonds is 7. The Morgan fingerprint density at radius 3 is 2.32 bits per heavy atom. The Bertz CT molecular complexity index is 1380. The topological polar surface area (TPSA) is 80.6 Å². The molecule has 1 saturated heterocycles. The summed E-state index contributed by atoms with van der Waals surface area (Å²) in [5.41, 5.74) is 4.21. The number of benzene rings is 3. The van der Waals surface area contributed by atoms with Gasteiger partial charge in [-0.3, -0.25) is 9.59 Å². The van der Waals surface area contributed by atoms with Gasteiger partial charge in [0.05, 0.1) is 23.8 Å². The van der Waals surface area contributed by atoms with Crippen LogP contribution < -0.4 is 5.32 Å². The van der Waals surface area contributed by atoms with Crippen LogP contribution in [0.5, 0.6) is 0 Å². The molecule has 0 spiro atoms. The molecule has 1 aliphatic rings. The highest BCUT2D eigenvalue weighted by molar-refractivity contribution is 6.11. The highest BCUT2D eigenvalue weighted by Crippen LogP contribution is 2.38. The molecule has 6 nitrogen and oxygen atoms in total. The first kappa shape index (κ1) is 24.5. The van der Waals surface area contributed by atoms with E-state index in [0.29, 0.717) is 30.6 Å². The van der Waals surface area contributed by atoms with Crippen LogP contribution in [-0.2, 0) is 16.1 Å². The van der Waals surface area contributed by atoms with Gasteiger partial charge in [0.1, 0.15) is 11.9 Å². The lowest BCUT2D eigenvalue weighted by atomic mass is 9.97. The molecule has 0 radical (unpaired) electrons. The third-order valence-corrected chi connectivity index (χ3v) is 6.46. The highest BCUT2D eigenvalue weighted by Gasteiger charge is 2.28. The molecule has 1 aromatic heterocycles. The maximum atomic E-state index is 13.8. The fourth-order valence-electron chi connectivity index (χ4n) is 4.76. The van der Waals surface area contributed by atoms with Gasteiger partial charge in [0.15, 0.2) is 0 Å². The standard InChI is InChI=1S/C30H27FN2O4/c31-22-13-11-21(12-14-22)29-28(20-7-3-1-4-8-20)26(30(36)32-23-9-5-2-6-10-23)19-33(29)16-15-25-17-24(34)18-27(35)37-25/h1-14,19,24-25,34H,15-18H2,(H,32,36)/t24-,25-/m1/s1. The predicted molar refractivity (Wildman–Crippen MR) is 139 cm³/mol. The van der Waals surface area contributed by atoms with Crippen LogP contribution in [0, 0.1) is 5.82 Å². The molecule has 5 rings (SSSR count). The zero-order chi connectivity index (χ0) is 25.8. The van der Waals surface area contributed by atoms with Gasteiger partial charge in [0.25, 0.3) is 5.91 Å². The Morgan fingerprint density at radius 2 is 1.65 bits per heavy atom. The second-order valence-electron chi connectivity index (χ2n) is 9.15. The predicted octanol–water partition coefficient (Wildman–Crippen LogP) is 5.67. The summed E-state index contributed by atoms with van der Waals surface area (Å²) in [6.45, 7) is 0.426. The largest absolute Gasteiger partial charge is 0.462 e. The second-order valence-corrected chi connectivity index (χ2v) is 9.15. The molecular formula is C30H27FN2O4. The number of hydrogen-bond donors (Lipinski definition) is 2. The molecule has 0 bridgehead atoms. The second kappa shape index (κ2) is 10.8. The maximum absolute atomic E-state index is 13.8. The number of anilines is 1. The normalized spacial score (nSPS) is 17.3. The number of hydrogen-bond acceptors (Lipinski definition) is 4. The van der Waals surface area contributed by atoms with E-state index in [-0.39, 0.29) is 18.1 Å². The lowest BCUT2D eigenvalue weighted by Gasteiger charge is -2.26. The van der Waals surface area contributed by atoms with Crippen LogP contribution >= 0.6 is 0 Å². The summed E-state index contributed by atoms with van der Waals surface area (Å²) in [6, 6.07) is 25.0. The number of nitrogens with zero attached hydrogens (tertiary/aromatic N) is 1. The van der Waals surface area contributed by atoms with Gasteiger partial charge in [-0.1, -0.05) is 48.5 Å². The van der Waals surface area contributed by atoms with Crippen LogP contribution in [0.3, 0.4) is 0 Å². The summed E-state index contributed by atoms with van der Waals surface area (Å²) in [6.07, 6.45) is 1.47. The molecule has 0 aliphatic carbocycles. The van der Waals surface area contributed by atoms with Crippen molar-refractivity contribution in [3.8, 4) is 22.4 Å². The smallest absolute Gasteiger partial charge is 0.308 e. The Labute approximate surface area is 214 Å². The molecule has 1 amide bonds. The Morgan fingerprint density at radius 1 is 0.973 bits per heavy atom. The molecule has 188 valence electrons. The van der Waals surface area contributed by atoms with Crippen LogP contribution in [0.15, 0.2) is 91.1 Å². The first-order chi connectivity index (χ1) is 18.0. The molecule has 2 heterocycles. The van der Waals surface area contributed by atoms with Crippen LogP contribution in [-0.4, -0.2) is 33.8 Å². The summed E-state index contributed by atoms with van der Waals surface area (Å²) in [7, 11) is 0. The van der Waals surface area contributed by atoms with Crippen molar-refractivity contribution in [2.45, 2.75) is 38.0 Å². The van der Waals surface area contributed by atoms with Crippen molar-refractivity contribution < 1.29 is 23.8 Å². The van der Waals surface area contributed by atoms with E-state index in [1.807, 2.05) is 65.2 Å². The number of cyclic esters (lactones) is 1. The van der Waals surface area contributed by atoms with Gasteiger partial charge < -0.3 is 19.7 Å². The number of amides is 1. The number of aromatic nitrogens is 1. The van der Waals surface area contributed by atoms with Crippen molar-refractivity contribution in [1.82, 2.24) is 4.57 Å². The average Bonchev–Trinajstić information content (AvgIpc) is 3.28. The monoisotopic (exact) mass is 498 g/mol. The number of esters is 1. The number of aliphatic hydroxyl groups excluding tert-OH is 1. The van der Waals surface area contributed by atoms with E-state index >= 15 is 0 Å². The van der Waals surface area contributed by atoms with E-state index in [1.54, 1.807) is 18.3 Å². The van der Waals surface area contributed by atoms with E-state index in [1.165, 1.54) is 12.1 Å². The zero-order valence-corrected chi connectivity index (χ0v) is 20.1. The van der Waals surface area contributed by atoms with Crippen LogP contribution in [0.4, 0.5) is 10.1 Å². The molecule has 1 aliphatic heterocycles. The Kier molecular flexibility index (Phi) is 7.14. The van der Waals surface area contributed by atoms with Crippen LogP contribution in [0.25, 0.3) is 22.4 Å². The molecule has 1 fully saturated rings. The lowest BCUT2D eigenvalue weighted by molar-refractivity contribution is -0.160. The third kappa shape index (κ3) is 5.62. The summed E-state index contributed by atoms with van der Waals surface area (Å²) < 4.78 is 21.2. The van der Waals surface area contributed by atoms with Gasteiger partial charge in [0.2, 0.25) is 0 Å². The minimum absolute atomic E-state index is 0.00279. The summed E-state index contributed by atoms with van der Waals surface area (Å²) in [5.74, 6) is -1.04. The van der Waals surface area contributed by atoms with E-state index in [4.69, 9.17) is 4.74 Å².